The van der Waals surface area contributed by atoms with Crippen molar-refractivity contribution in [3.05, 3.63) is 233 Å². The molecular formula is C66H77Cl2O4P2-. The van der Waals surface area contributed by atoms with Gasteiger partial charge in [-0.25, -0.2) is 0 Å². The number of hydrogen-bond acceptors (Lipinski definition) is 4. The van der Waals surface area contributed by atoms with E-state index < -0.39 is 18.8 Å². The lowest BCUT2D eigenvalue weighted by Crippen LogP contribution is -3.00. The third kappa shape index (κ3) is 15.5. The maximum absolute atomic E-state index is 13.4. The Morgan fingerprint density at radius 3 is 1.20 bits per heavy atom. The van der Waals surface area contributed by atoms with Gasteiger partial charge in [0.1, 0.15) is 0 Å². The predicted molar refractivity (Wildman–Crippen MR) is 308 cm³/mol. The van der Waals surface area contributed by atoms with Gasteiger partial charge in [0.25, 0.3) is 0 Å². The lowest BCUT2D eigenvalue weighted by atomic mass is 9.72. The van der Waals surface area contributed by atoms with E-state index in [1.807, 2.05) is 0 Å². The molecule has 0 saturated heterocycles. The molecule has 7 rings (SSSR count). The first kappa shape index (κ1) is 59.8. The van der Waals surface area contributed by atoms with E-state index in [2.05, 4.69) is 236 Å². The van der Waals surface area contributed by atoms with Crippen molar-refractivity contribution in [2.75, 3.05) is 14.2 Å². The zero-order chi connectivity index (χ0) is 51.1. The zero-order valence-corrected chi connectivity index (χ0v) is 48.2. The Morgan fingerprint density at radius 2 is 0.811 bits per heavy atom. The smallest absolute Gasteiger partial charge is 0.311 e. The van der Waals surface area contributed by atoms with Gasteiger partial charge < -0.3 is 34.3 Å². The lowest BCUT2D eigenvalue weighted by Gasteiger charge is -2.32. The second kappa shape index (κ2) is 28.7. The summed E-state index contributed by atoms with van der Waals surface area (Å²) in [6.45, 7) is 13.0. The van der Waals surface area contributed by atoms with Gasteiger partial charge in [-0.15, -0.1) is 0 Å². The van der Waals surface area contributed by atoms with Gasteiger partial charge in [0, 0.05) is 5.66 Å². The second-order valence-corrected chi connectivity index (χ2v) is 24.6. The Balaban J connectivity index is 0.00000507. The fourth-order valence-corrected chi connectivity index (χ4v) is 14.7. The van der Waals surface area contributed by atoms with E-state index in [1.54, 1.807) is 0 Å². The van der Waals surface area contributed by atoms with Crippen molar-refractivity contribution in [1.29, 1.82) is 0 Å². The zero-order valence-electron chi connectivity index (χ0n) is 44.7. The molecule has 0 aliphatic carbocycles. The van der Waals surface area contributed by atoms with E-state index in [0.29, 0.717) is 34.3 Å². The quantitative estimate of drug-likeness (QED) is 0.0447. The molecule has 0 saturated carbocycles. The Morgan fingerprint density at radius 1 is 0.473 bits per heavy atom. The van der Waals surface area contributed by atoms with Crippen molar-refractivity contribution in [3.8, 4) is 0 Å². The van der Waals surface area contributed by atoms with E-state index in [0.717, 1.165) is 19.0 Å². The summed E-state index contributed by atoms with van der Waals surface area (Å²) in [5, 5.41) is 4.17. The molecule has 0 aromatic heterocycles. The van der Waals surface area contributed by atoms with Gasteiger partial charge in [0.2, 0.25) is 0 Å². The van der Waals surface area contributed by atoms with Crippen molar-refractivity contribution < 1.29 is 43.9 Å². The van der Waals surface area contributed by atoms with Crippen LogP contribution < -0.4 is 40.7 Å². The van der Waals surface area contributed by atoms with Crippen LogP contribution in [0.25, 0.3) is 0 Å². The van der Waals surface area contributed by atoms with Crippen LogP contribution >= 0.6 is 16.5 Å². The summed E-state index contributed by atoms with van der Waals surface area (Å²) in [6, 6.07) is 71.4. The molecule has 0 fully saturated rings. The highest BCUT2D eigenvalue weighted by atomic mass is 35.5. The lowest BCUT2D eigenvalue weighted by molar-refractivity contribution is -0.153. The largest absolute Gasteiger partial charge is 1.00 e. The number of esters is 2. The van der Waals surface area contributed by atoms with E-state index in [9.17, 15) is 9.59 Å². The van der Waals surface area contributed by atoms with Gasteiger partial charge in [-0.05, 0) is 145 Å². The first-order chi connectivity index (χ1) is 34.9. The molecule has 74 heavy (non-hydrogen) atoms. The van der Waals surface area contributed by atoms with E-state index >= 15 is 0 Å². The average Bonchev–Trinajstić information content (AvgIpc) is 3.44. The van der Waals surface area contributed by atoms with Crippen LogP contribution in [-0.2, 0) is 25.2 Å². The molecule has 7 aromatic rings. The van der Waals surface area contributed by atoms with Gasteiger partial charge in [-0.3, -0.25) is 9.59 Å². The Labute approximate surface area is 459 Å². The number of benzene rings is 7. The van der Waals surface area contributed by atoms with Gasteiger partial charge in [0.05, 0.1) is 49.7 Å². The third-order valence-electron chi connectivity index (χ3n) is 15.7. The number of hydrogen-bond donors (Lipinski definition) is 0. The van der Waals surface area contributed by atoms with E-state index in [1.165, 1.54) is 69.1 Å². The molecule has 4 nitrogen and oxygen atoms in total. The topological polar surface area (TPSA) is 52.6 Å². The maximum atomic E-state index is 13.4. The van der Waals surface area contributed by atoms with Crippen molar-refractivity contribution in [3.63, 3.8) is 0 Å². The molecule has 7 aromatic carbocycles. The molecule has 8 heteroatoms. The normalized spacial score (nSPS) is 15.0. The molecule has 0 amide bonds. The molecule has 390 valence electrons. The highest BCUT2D eigenvalue weighted by molar-refractivity contribution is 7.72. The molecule has 0 aliphatic heterocycles. The summed E-state index contributed by atoms with van der Waals surface area (Å²) in [6.07, 6.45) is 5.63. The minimum absolute atomic E-state index is 0. The molecule has 8 unspecified atom stereocenters. The highest BCUT2D eigenvalue weighted by Crippen LogP contribution is 2.46. The minimum Gasteiger partial charge on any atom is -1.00 e. The summed E-state index contributed by atoms with van der Waals surface area (Å²) in [4.78, 5) is 26.7. The number of halogens is 2. The van der Waals surface area contributed by atoms with Crippen LogP contribution in [0.4, 0.5) is 0 Å². The van der Waals surface area contributed by atoms with Crippen LogP contribution in [0.5, 0.6) is 0 Å². The van der Waals surface area contributed by atoms with Gasteiger partial charge >= 0.3 is 11.9 Å². The molecule has 0 heterocycles. The standard InChI is InChI=1S/C66H76O4P2.2ClH/c1-9-65(5,63(67)69-7)45-57(53-33-31-50(32-34-53)47-72(60-27-19-13-20-28-60)61-29-21-14-22-30-61)43-48(3)51-35-37-52(38-36-51)49(4)44-58(46-66(6,10-2)64(68)70-8)54-39-41-56(42-40-54)62(55-23-15-11-16-24-55)71-59-25-17-12-18-26-59;;/h11-42,48-49,57-58,62,71H,9-10,43-47H2,1-8H3;2*1H/p-1. The maximum Gasteiger partial charge on any atom is 0.311 e. The number of carbonyl (C=O) groups is 2. The first-order valence-corrected chi connectivity index (χ1v) is 28.9. The Hall–Kier alpha value is -5.08. The SMILES string of the molecule is CCC(C)(CC(CC(C)c1ccc(C(C)CC(CC(C)(CC)C(=O)OC)c2ccc(C(Pc3ccccc3)c3ccccc3)cc2)cc1)c1ccc(C[PH+](c2ccccc2)c2ccccc2)cc1)C(=O)OC.[Cl-].[Cl-]. The summed E-state index contributed by atoms with van der Waals surface area (Å²) >= 11 is 0. The van der Waals surface area contributed by atoms with E-state index in [-0.39, 0.29) is 66.1 Å². The van der Waals surface area contributed by atoms with Crippen LogP contribution in [0.2, 0.25) is 0 Å². The fraction of sp³-hybridized carbons (Fsp3) is 0.333. The van der Waals surface area contributed by atoms with Crippen LogP contribution in [0.1, 0.15) is 148 Å². The molecular weight excluding hydrogens is 990 g/mol. The van der Waals surface area contributed by atoms with Crippen LogP contribution in [-0.4, -0.2) is 26.2 Å². The van der Waals surface area contributed by atoms with Gasteiger partial charge in [-0.1, -0.05) is 206 Å². The number of ether oxygens (including phenoxy) is 2. The molecule has 8 atom stereocenters. The predicted octanol–water partition coefficient (Wildman–Crippen LogP) is 9.67. The van der Waals surface area contributed by atoms with Gasteiger partial charge in [-0.2, -0.15) is 0 Å². The van der Waals surface area contributed by atoms with Crippen molar-refractivity contribution in [1.82, 2.24) is 0 Å². The molecule has 0 spiro atoms. The monoisotopic (exact) mass is 1070 g/mol. The number of methoxy groups -OCH3 is 2. The van der Waals surface area contributed by atoms with Crippen LogP contribution in [0, 0.1) is 10.8 Å². The first-order valence-electron chi connectivity index (χ1n) is 26.2. The number of rotatable bonds is 24. The summed E-state index contributed by atoms with van der Waals surface area (Å²) in [5.74, 6) is 0.505. The van der Waals surface area contributed by atoms with Crippen molar-refractivity contribution >= 4 is 44.4 Å². The van der Waals surface area contributed by atoms with Crippen LogP contribution in [0.15, 0.2) is 194 Å². The van der Waals surface area contributed by atoms with Crippen molar-refractivity contribution in [2.45, 2.75) is 116 Å². The van der Waals surface area contributed by atoms with E-state index in [4.69, 9.17) is 9.47 Å². The Kier molecular flexibility index (Phi) is 23.2. The number of carbonyl (C=O) groups excluding carboxylic acids is 2. The molecule has 0 radical (unpaired) electrons. The molecule has 0 aliphatic rings. The summed E-state index contributed by atoms with van der Waals surface area (Å²) in [7, 11) is 2.59. The summed E-state index contributed by atoms with van der Waals surface area (Å²) in [5.41, 5.74) is 8.11. The second-order valence-electron chi connectivity index (χ2n) is 20.7. The van der Waals surface area contributed by atoms with Crippen molar-refractivity contribution in [2.24, 2.45) is 10.8 Å². The van der Waals surface area contributed by atoms with Crippen LogP contribution in [0.3, 0.4) is 0 Å². The fourth-order valence-electron chi connectivity index (χ4n) is 10.7. The molecule has 0 bridgehead atoms. The highest BCUT2D eigenvalue weighted by Gasteiger charge is 2.38. The average molecular weight is 1070 g/mol. The van der Waals surface area contributed by atoms with Gasteiger partial charge in [0.15, 0.2) is 0 Å². The Bertz CT molecular complexity index is 2700. The minimum atomic E-state index is -1.03. The summed E-state index contributed by atoms with van der Waals surface area (Å²) < 4.78 is 10.8. The third-order valence-corrected chi connectivity index (χ3v) is 20.1. The molecule has 0 N–H and O–H groups in total.